The third-order valence-electron chi connectivity index (χ3n) is 4.86. The van der Waals surface area contributed by atoms with Gasteiger partial charge >= 0.3 is 0 Å². The van der Waals surface area contributed by atoms with Gasteiger partial charge in [0.15, 0.2) is 5.13 Å². The van der Waals surface area contributed by atoms with Gasteiger partial charge in [-0.2, -0.15) is 0 Å². The van der Waals surface area contributed by atoms with E-state index in [4.69, 9.17) is 5.73 Å². The van der Waals surface area contributed by atoms with Crippen LogP contribution in [0.15, 0.2) is 73.2 Å². The minimum absolute atomic E-state index is 0.118. The summed E-state index contributed by atoms with van der Waals surface area (Å²) in [5, 5.41) is 3.28. The number of nitrogens with one attached hydrogen (secondary N) is 1. The summed E-state index contributed by atoms with van der Waals surface area (Å²) >= 11 is 1.35. The fraction of sp³-hybridized carbons (Fsp3) is 0.125. The molecule has 0 saturated carbocycles. The molecule has 166 valence electrons. The molecule has 3 N–H and O–H groups in total. The predicted molar refractivity (Wildman–Crippen MR) is 129 cm³/mol. The van der Waals surface area contributed by atoms with Crippen LogP contribution in [0.25, 0.3) is 10.4 Å². The molecule has 33 heavy (non-hydrogen) atoms. The Kier molecular flexibility index (Phi) is 6.70. The maximum Gasteiger partial charge on any atom is 0.254 e. The van der Waals surface area contributed by atoms with Crippen molar-refractivity contribution in [1.29, 1.82) is 0 Å². The van der Waals surface area contributed by atoms with Crippen molar-refractivity contribution in [2.24, 2.45) is 0 Å². The number of amides is 2. The van der Waals surface area contributed by atoms with Gasteiger partial charge in [0, 0.05) is 36.3 Å². The number of hydrogen-bond acceptors (Lipinski definition) is 7. The Labute approximate surface area is 195 Å². The molecule has 0 aliphatic heterocycles. The van der Waals surface area contributed by atoms with E-state index in [1.54, 1.807) is 36.8 Å². The summed E-state index contributed by atoms with van der Waals surface area (Å²) in [7, 11) is 0. The highest BCUT2D eigenvalue weighted by Crippen LogP contribution is 2.32. The van der Waals surface area contributed by atoms with Crippen molar-refractivity contribution in [3.05, 3.63) is 90.0 Å². The van der Waals surface area contributed by atoms with Crippen molar-refractivity contribution in [3.8, 4) is 10.4 Å². The Morgan fingerprint density at radius 1 is 1.06 bits per heavy atom. The molecule has 8 nitrogen and oxygen atoms in total. The van der Waals surface area contributed by atoms with Crippen LogP contribution in [0, 0.1) is 6.92 Å². The summed E-state index contributed by atoms with van der Waals surface area (Å²) in [4.78, 5) is 40.9. The van der Waals surface area contributed by atoms with Crippen LogP contribution in [0.3, 0.4) is 0 Å². The summed E-state index contributed by atoms with van der Waals surface area (Å²) in [5.74, 6) is -0.142. The minimum Gasteiger partial charge on any atom is -0.384 e. The number of carbonyl (C=O) groups is 2. The third kappa shape index (κ3) is 5.58. The molecule has 1 aromatic carbocycles. The van der Waals surface area contributed by atoms with Crippen molar-refractivity contribution in [2.75, 3.05) is 17.6 Å². The summed E-state index contributed by atoms with van der Waals surface area (Å²) < 4.78 is 0. The first-order valence-electron chi connectivity index (χ1n) is 10.2. The maximum atomic E-state index is 13.1. The number of anilines is 2. The van der Waals surface area contributed by atoms with Gasteiger partial charge < -0.3 is 16.0 Å². The van der Waals surface area contributed by atoms with Gasteiger partial charge in [-0.05, 0) is 36.8 Å². The van der Waals surface area contributed by atoms with Crippen molar-refractivity contribution in [1.82, 2.24) is 19.9 Å². The van der Waals surface area contributed by atoms with E-state index in [1.807, 2.05) is 43.3 Å². The second-order valence-electron chi connectivity index (χ2n) is 7.34. The molecule has 0 aliphatic rings. The zero-order valence-corrected chi connectivity index (χ0v) is 18.7. The molecule has 3 heterocycles. The number of pyridine rings is 2. The van der Waals surface area contributed by atoms with Gasteiger partial charge in [-0.15, -0.1) is 0 Å². The first-order chi connectivity index (χ1) is 16.0. The highest BCUT2D eigenvalue weighted by Gasteiger charge is 2.20. The predicted octanol–water partition coefficient (Wildman–Crippen LogP) is 3.77. The van der Waals surface area contributed by atoms with Crippen LogP contribution in [-0.4, -0.2) is 38.2 Å². The Balaban J connectivity index is 1.50. The van der Waals surface area contributed by atoms with E-state index in [1.165, 1.54) is 16.2 Å². The van der Waals surface area contributed by atoms with Crippen LogP contribution in [0.1, 0.15) is 21.6 Å². The van der Waals surface area contributed by atoms with E-state index < -0.39 is 0 Å². The van der Waals surface area contributed by atoms with Gasteiger partial charge in [0.1, 0.15) is 12.4 Å². The van der Waals surface area contributed by atoms with Crippen LogP contribution in [0.5, 0.6) is 0 Å². The molecular formula is C24H22N6O2S. The summed E-state index contributed by atoms with van der Waals surface area (Å²) in [6.07, 6.45) is 4.79. The number of thiazole rings is 1. The van der Waals surface area contributed by atoms with E-state index in [-0.39, 0.29) is 18.4 Å². The average Bonchev–Trinajstić information content (AvgIpc) is 3.19. The molecule has 0 spiro atoms. The summed E-state index contributed by atoms with van der Waals surface area (Å²) in [6.45, 7) is 2.05. The molecule has 4 rings (SSSR count). The average molecular weight is 459 g/mol. The molecule has 9 heteroatoms. The number of nitrogens with two attached hydrogens (primary N) is 1. The lowest BCUT2D eigenvalue weighted by Gasteiger charge is -2.22. The number of nitrogens with zero attached hydrogens (tertiary/aromatic N) is 4. The molecule has 0 fully saturated rings. The normalized spacial score (nSPS) is 10.6. The van der Waals surface area contributed by atoms with Crippen molar-refractivity contribution in [2.45, 2.75) is 13.5 Å². The molecule has 4 aromatic rings. The molecule has 0 radical (unpaired) electrons. The second kappa shape index (κ2) is 10.0. The van der Waals surface area contributed by atoms with Gasteiger partial charge in [0.05, 0.1) is 10.6 Å². The fourth-order valence-corrected chi connectivity index (χ4v) is 4.24. The van der Waals surface area contributed by atoms with E-state index >= 15 is 0 Å². The highest BCUT2D eigenvalue weighted by molar-refractivity contribution is 7.19. The first kappa shape index (κ1) is 22.1. The monoisotopic (exact) mass is 458 g/mol. The number of rotatable bonds is 7. The molecule has 0 atom stereocenters. The van der Waals surface area contributed by atoms with Crippen molar-refractivity contribution in [3.63, 3.8) is 0 Å². The number of nitrogen functional groups attached to an aromatic ring is 1. The lowest BCUT2D eigenvalue weighted by molar-refractivity contribution is -0.117. The van der Waals surface area contributed by atoms with Crippen LogP contribution in [0.2, 0.25) is 0 Å². The second-order valence-corrected chi connectivity index (χ2v) is 8.34. The van der Waals surface area contributed by atoms with Crippen molar-refractivity contribution >= 4 is 34.1 Å². The number of aryl methyl sites for hydroxylation is 1. The Morgan fingerprint density at radius 2 is 1.82 bits per heavy atom. The molecule has 0 saturated heterocycles. The van der Waals surface area contributed by atoms with E-state index in [0.717, 1.165) is 21.7 Å². The number of aromatic nitrogens is 3. The number of hydrogen-bond donors (Lipinski definition) is 2. The first-order valence-corrected chi connectivity index (χ1v) is 11.0. The highest BCUT2D eigenvalue weighted by atomic mass is 32.1. The van der Waals surface area contributed by atoms with Crippen molar-refractivity contribution < 1.29 is 9.59 Å². The quantitative estimate of drug-likeness (QED) is 0.436. The Bertz CT molecular complexity index is 1240. The van der Waals surface area contributed by atoms with Crippen LogP contribution in [0.4, 0.5) is 10.9 Å². The lowest BCUT2D eigenvalue weighted by atomic mass is 10.2. The molecule has 2 amide bonds. The summed E-state index contributed by atoms with van der Waals surface area (Å²) in [6, 6.07) is 16.4. The van der Waals surface area contributed by atoms with E-state index in [0.29, 0.717) is 23.1 Å². The topological polar surface area (TPSA) is 114 Å². The third-order valence-corrected chi connectivity index (χ3v) is 5.98. The van der Waals surface area contributed by atoms with Crippen LogP contribution >= 0.6 is 11.3 Å². The van der Waals surface area contributed by atoms with Gasteiger partial charge in [0.25, 0.3) is 5.91 Å². The molecule has 0 aliphatic carbocycles. The minimum atomic E-state index is -0.330. The number of carbonyl (C=O) groups excluding carboxylic acids is 2. The molecule has 0 unspecified atom stereocenters. The number of benzene rings is 1. The Hall–Kier alpha value is -4.11. The zero-order valence-electron chi connectivity index (χ0n) is 17.9. The Morgan fingerprint density at radius 3 is 2.52 bits per heavy atom. The van der Waals surface area contributed by atoms with Crippen LogP contribution < -0.4 is 11.1 Å². The van der Waals surface area contributed by atoms with Gasteiger partial charge in [0.2, 0.25) is 5.91 Å². The van der Waals surface area contributed by atoms with Gasteiger partial charge in [-0.1, -0.05) is 41.7 Å². The summed E-state index contributed by atoms with van der Waals surface area (Å²) in [5.41, 5.74) is 8.71. The maximum absolute atomic E-state index is 13.1. The lowest BCUT2D eigenvalue weighted by Crippen LogP contribution is -2.37. The van der Waals surface area contributed by atoms with E-state index in [2.05, 4.69) is 20.3 Å². The van der Waals surface area contributed by atoms with Gasteiger partial charge in [-0.3, -0.25) is 14.6 Å². The fourth-order valence-electron chi connectivity index (χ4n) is 3.27. The molecular weight excluding hydrogens is 436 g/mol. The SMILES string of the molecule is Cc1nc(NC(=O)CN(Cc2ccccc2)C(=O)c2ccncc2)sc1-c1ccc(N)nc1. The smallest absolute Gasteiger partial charge is 0.254 e. The largest absolute Gasteiger partial charge is 0.384 e. The molecule has 3 aromatic heterocycles. The zero-order chi connectivity index (χ0) is 23.2. The van der Waals surface area contributed by atoms with Crippen LogP contribution in [-0.2, 0) is 11.3 Å². The van der Waals surface area contributed by atoms with E-state index in [9.17, 15) is 9.59 Å². The molecule has 0 bridgehead atoms. The standard InChI is InChI=1S/C24H22N6O2S/c1-16-22(19-7-8-20(25)27-13-19)33-24(28-16)29-21(31)15-30(14-17-5-3-2-4-6-17)23(32)18-9-11-26-12-10-18/h2-13H,14-15H2,1H3,(H2,25,27)(H,28,29,31). The van der Waals surface area contributed by atoms with Gasteiger partial charge in [-0.25, -0.2) is 9.97 Å².